The summed E-state index contributed by atoms with van der Waals surface area (Å²) in [6, 6.07) is 10.0. The van der Waals surface area contributed by atoms with Crippen molar-refractivity contribution in [1.29, 1.82) is 0 Å². The molecule has 0 amide bonds. The fourth-order valence-electron chi connectivity index (χ4n) is 5.42. The molecule has 9 heteroatoms. The molecule has 43 heavy (non-hydrogen) atoms. The van der Waals surface area contributed by atoms with Gasteiger partial charge in [0.1, 0.15) is 0 Å². The molecule has 5 heterocycles. The van der Waals surface area contributed by atoms with Crippen LogP contribution in [0.2, 0.25) is 0 Å². The molecule has 0 aliphatic carbocycles. The van der Waals surface area contributed by atoms with Crippen LogP contribution in [0.25, 0.3) is 44.9 Å². The van der Waals surface area contributed by atoms with Crippen LogP contribution in [0.3, 0.4) is 0 Å². The Hall–Kier alpha value is -3.84. The van der Waals surface area contributed by atoms with Crippen LogP contribution < -0.4 is 9.97 Å². The minimum atomic E-state index is -0.243. The summed E-state index contributed by atoms with van der Waals surface area (Å²) >= 11 is 0. The Kier molecular flexibility index (Phi) is 10.2. The van der Waals surface area contributed by atoms with Crippen molar-refractivity contribution >= 4 is 56.8 Å². The molecule has 0 fully saturated rings. The smallest absolute Gasteiger partial charge is 0.658 e. The van der Waals surface area contributed by atoms with Crippen molar-refractivity contribution in [3.05, 3.63) is 69.8 Å². The topological polar surface area (TPSA) is 107 Å². The molecule has 2 aliphatic heterocycles. The standard InChI is InChI=1S/C34H36N4O4.Zn/c1-7-41-33(39)11-9-25-21(5)29-16-24-13-19(3)27(35-24)15-23-14-20(4)28(36-23)17-30-22(6)26(10-12-34(40)42-8-2)32(38-30)18-31(25)37-29;/h13-18H,7-12H2,1-6H3;/q-2;+2. The molecule has 0 radical (unpaired) electrons. The molecule has 0 saturated heterocycles. The van der Waals surface area contributed by atoms with Crippen molar-refractivity contribution in [2.75, 3.05) is 13.2 Å². The van der Waals surface area contributed by atoms with Crippen molar-refractivity contribution < 1.29 is 38.5 Å². The van der Waals surface area contributed by atoms with E-state index in [2.05, 4.69) is 6.07 Å². The van der Waals surface area contributed by atoms with Crippen LogP contribution >= 0.6 is 0 Å². The third-order valence-corrected chi connectivity index (χ3v) is 7.69. The van der Waals surface area contributed by atoms with Crippen molar-refractivity contribution in [3.8, 4) is 0 Å². The molecule has 0 atom stereocenters. The van der Waals surface area contributed by atoms with E-state index in [1.807, 2.05) is 58.0 Å². The summed E-state index contributed by atoms with van der Waals surface area (Å²) in [6.07, 6.45) is 3.52. The maximum Gasteiger partial charge on any atom is 2.00 e. The SMILES string of the molecule is CCOC(=O)CCC1=C(C)c2cc3[n-]c(cc4nc(cc5[n-]c(cc1n2)c(CCC(=O)OCC)c5C)C=C4C)cc3C.[Zn+2]. The van der Waals surface area contributed by atoms with Gasteiger partial charge in [0, 0.05) is 12.8 Å². The zero-order valence-corrected chi connectivity index (χ0v) is 28.8. The van der Waals surface area contributed by atoms with Gasteiger partial charge in [0.2, 0.25) is 0 Å². The van der Waals surface area contributed by atoms with Gasteiger partial charge in [-0.3, -0.25) is 9.59 Å². The number of hydrogen-bond acceptors (Lipinski definition) is 6. The van der Waals surface area contributed by atoms with Gasteiger partial charge in [0.05, 0.1) is 36.0 Å². The number of hydrogen-bond donors (Lipinski definition) is 0. The van der Waals surface area contributed by atoms with Crippen LogP contribution in [0.5, 0.6) is 0 Å². The summed E-state index contributed by atoms with van der Waals surface area (Å²) in [6.45, 7) is 12.4. The Morgan fingerprint density at radius 1 is 0.744 bits per heavy atom. The minimum absolute atomic E-state index is 0. The summed E-state index contributed by atoms with van der Waals surface area (Å²) in [4.78, 5) is 44.3. The molecule has 218 valence electrons. The van der Waals surface area contributed by atoms with E-state index in [0.29, 0.717) is 26.1 Å². The fourth-order valence-corrected chi connectivity index (χ4v) is 5.42. The third kappa shape index (κ3) is 7.05. The Morgan fingerprint density at radius 3 is 2.12 bits per heavy atom. The minimum Gasteiger partial charge on any atom is -0.658 e. The molecule has 5 rings (SSSR count). The summed E-state index contributed by atoms with van der Waals surface area (Å²) in [5, 5.41) is 0. The van der Waals surface area contributed by atoms with Gasteiger partial charge in [-0.1, -0.05) is 47.0 Å². The second kappa shape index (κ2) is 13.6. The molecule has 0 unspecified atom stereocenters. The first kappa shape index (κ1) is 32.1. The van der Waals surface area contributed by atoms with Crippen LogP contribution in [0, 0.1) is 13.8 Å². The number of fused-ring (bicyclic) bond motifs is 8. The van der Waals surface area contributed by atoms with Crippen molar-refractivity contribution in [2.45, 2.75) is 67.2 Å². The average molecular weight is 630 g/mol. The largest absolute Gasteiger partial charge is 2.00 e. The van der Waals surface area contributed by atoms with Crippen molar-refractivity contribution in [2.24, 2.45) is 0 Å². The predicted molar refractivity (Wildman–Crippen MR) is 165 cm³/mol. The molecule has 2 aliphatic rings. The van der Waals surface area contributed by atoms with Gasteiger partial charge < -0.3 is 19.4 Å². The van der Waals surface area contributed by atoms with Crippen LogP contribution in [-0.4, -0.2) is 35.1 Å². The number of nitrogens with zero attached hydrogens (tertiary/aromatic N) is 4. The van der Waals surface area contributed by atoms with Gasteiger partial charge in [-0.2, -0.15) is 0 Å². The molecule has 8 nitrogen and oxygen atoms in total. The zero-order chi connectivity index (χ0) is 30.0. The van der Waals surface area contributed by atoms with Crippen LogP contribution in [0.4, 0.5) is 0 Å². The van der Waals surface area contributed by atoms with Gasteiger partial charge in [0.15, 0.2) is 0 Å². The number of carbonyl (C=O) groups is 2. The number of rotatable bonds is 8. The maximum absolute atomic E-state index is 12.3. The number of esters is 2. The van der Waals surface area contributed by atoms with E-state index in [9.17, 15) is 9.59 Å². The summed E-state index contributed by atoms with van der Waals surface area (Å²) in [5.74, 6) is -0.486. The van der Waals surface area contributed by atoms with E-state index in [0.717, 1.165) is 78.3 Å². The maximum atomic E-state index is 12.3. The summed E-state index contributed by atoms with van der Waals surface area (Å²) < 4.78 is 10.4. The average Bonchev–Trinajstić information content (AvgIpc) is 3.63. The zero-order valence-electron chi connectivity index (χ0n) is 25.8. The van der Waals surface area contributed by atoms with Crippen molar-refractivity contribution in [3.63, 3.8) is 0 Å². The first-order valence-corrected chi connectivity index (χ1v) is 14.5. The molecular formula is C34H36N4O4Zn. The van der Waals surface area contributed by atoms with E-state index in [1.54, 1.807) is 13.8 Å². The van der Waals surface area contributed by atoms with E-state index in [-0.39, 0.29) is 44.3 Å². The van der Waals surface area contributed by atoms with Gasteiger partial charge in [0.25, 0.3) is 0 Å². The Morgan fingerprint density at radius 2 is 1.42 bits per heavy atom. The van der Waals surface area contributed by atoms with Gasteiger partial charge in [-0.15, -0.1) is 22.1 Å². The summed E-state index contributed by atoms with van der Waals surface area (Å²) in [5.41, 5.74) is 12.4. The molecule has 3 aromatic rings. The third-order valence-electron chi connectivity index (χ3n) is 7.69. The Labute approximate surface area is 264 Å². The molecular weight excluding hydrogens is 594 g/mol. The van der Waals surface area contributed by atoms with Gasteiger partial charge in [-0.25, -0.2) is 9.97 Å². The first-order chi connectivity index (χ1) is 20.2. The predicted octanol–water partition coefficient (Wildman–Crippen LogP) is 6.52. The first-order valence-electron chi connectivity index (χ1n) is 14.5. The summed E-state index contributed by atoms with van der Waals surface area (Å²) in [7, 11) is 0. The number of carbonyl (C=O) groups excluding carboxylic acids is 2. The van der Waals surface area contributed by atoms with Crippen LogP contribution in [0.1, 0.15) is 86.4 Å². The Bertz CT molecular complexity index is 1800. The fraction of sp³-hybridized carbons (Fsp3) is 0.353. The normalized spacial score (nSPS) is 12.6. The van der Waals surface area contributed by atoms with Gasteiger partial charge >= 0.3 is 31.4 Å². The van der Waals surface area contributed by atoms with E-state index in [4.69, 9.17) is 29.4 Å². The second-order valence-corrected chi connectivity index (χ2v) is 10.7. The molecule has 0 aromatic carbocycles. The number of allylic oxidation sites excluding steroid dienone is 3. The van der Waals surface area contributed by atoms with Crippen LogP contribution in [0.15, 0.2) is 30.3 Å². The number of aromatic nitrogens is 4. The second-order valence-electron chi connectivity index (χ2n) is 10.7. The van der Waals surface area contributed by atoms with Crippen molar-refractivity contribution in [1.82, 2.24) is 19.9 Å². The van der Waals surface area contributed by atoms with E-state index < -0.39 is 0 Å². The molecule has 3 aromatic heterocycles. The molecule has 8 bridgehead atoms. The molecule has 0 spiro atoms. The van der Waals surface area contributed by atoms with E-state index in [1.165, 1.54) is 0 Å². The molecule has 0 saturated carbocycles. The molecule has 0 N–H and O–H groups in total. The van der Waals surface area contributed by atoms with Crippen LogP contribution in [-0.2, 0) is 45.0 Å². The Balaban J connectivity index is 0.00000423. The van der Waals surface area contributed by atoms with Gasteiger partial charge in [-0.05, 0) is 77.2 Å². The number of ether oxygens (including phenoxy) is 2. The quantitative estimate of drug-likeness (QED) is 0.205. The number of aryl methyl sites for hydroxylation is 3. The van der Waals surface area contributed by atoms with E-state index >= 15 is 0 Å². The monoisotopic (exact) mass is 628 g/mol.